The van der Waals surface area contributed by atoms with Crippen molar-refractivity contribution in [1.82, 2.24) is 14.9 Å². The van der Waals surface area contributed by atoms with Crippen LogP contribution in [0, 0.1) is 20.8 Å². The van der Waals surface area contributed by atoms with E-state index in [0.717, 1.165) is 36.1 Å². The summed E-state index contributed by atoms with van der Waals surface area (Å²) in [5.74, 6) is -0.168. The fourth-order valence-electron chi connectivity index (χ4n) is 4.50. The molecule has 1 aromatic carbocycles. The molecule has 0 bridgehead atoms. The van der Waals surface area contributed by atoms with Gasteiger partial charge in [-0.2, -0.15) is 4.31 Å². The van der Waals surface area contributed by atoms with Gasteiger partial charge in [0.15, 0.2) is 0 Å². The summed E-state index contributed by atoms with van der Waals surface area (Å²) in [6.07, 6.45) is 3.22. The molecule has 3 atom stereocenters. The van der Waals surface area contributed by atoms with Gasteiger partial charge in [-0.15, -0.1) is 0 Å². The average molecular weight is 394 g/mol. The first kappa shape index (κ1) is 20.3. The van der Waals surface area contributed by atoms with E-state index in [4.69, 9.17) is 0 Å². The van der Waals surface area contributed by atoms with Crippen LogP contribution in [0.2, 0.25) is 0 Å². The zero-order valence-electron chi connectivity index (χ0n) is 16.7. The van der Waals surface area contributed by atoms with E-state index >= 15 is 0 Å². The van der Waals surface area contributed by atoms with Gasteiger partial charge in [0.25, 0.3) is 0 Å². The van der Waals surface area contributed by atoms with Crippen molar-refractivity contribution in [2.45, 2.75) is 76.4 Å². The first-order chi connectivity index (χ1) is 12.7. The quantitative estimate of drug-likeness (QED) is 0.820. The van der Waals surface area contributed by atoms with E-state index < -0.39 is 16.1 Å². The number of benzene rings is 1. The molecule has 3 unspecified atom stereocenters. The summed E-state index contributed by atoms with van der Waals surface area (Å²) in [4.78, 5) is 13.3. The fraction of sp³-hybridized carbons (Fsp3) is 0.650. The van der Waals surface area contributed by atoms with Crippen LogP contribution in [0.5, 0.6) is 0 Å². The highest BCUT2D eigenvalue weighted by molar-refractivity contribution is 7.89. The van der Waals surface area contributed by atoms with E-state index in [0.29, 0.717) is 24.3 Å². The predicted octanol–water partition coefficient (Wildman–Crippen LogP) is 2.02. The highest BCUT2D eigenvalue weighted by Gasteiger charge is 2.41. The third-order valence-electron chi connectivity index (χ3n) is 5.77. The highest BCUT2D eigenvalue weighted by atomic mass is 32.2. The number of nitrogens with one attached hydrogen (secondary N) is 2. The molecule has 1 amide bonds. The van der Waals surface area contributed by atoms with Gasteiger partial charge < -0.3 is 10.6 Å². The molecule has 0 saturated carbocycles. The Bertz CT molecular complexity index is 799. The Kier molecular flexibility index (Phi) is 5.93. The molecule has 6 nitrogen and oxygen atoms in total. The number of sulfonamides is 1. The van der Waals surface area contributed by atoms with E-state index in [1.54, 1.807) is 0 Å². The lowest BCUT2D eigenvalue weighted by atomic mass is 9.99. The van der Waals surface area contributed by atoms with Crippen LogP contribution in [0.25, 0.3) is 0 Å². The molecule has 2 heterocycles. The summed E-state index contributed by atoms with van der Waals surface area (Å²) >= 11 is 0. The van der Waals surface area contributed by atoms with Gasteiger partial charge in [0.05, 0.1) is 4.90 Å². The Labute approximate surface area is 162 Å². The fourth-order valence-corrected chi connectivity index (χ4v) is 6.57. The molecule has 3 rings (SSSR count). The SMILES string of the molecule is Cc1cc(C)c(S(=O)(=O)N2CCCC2C(=O)NC2CCCNC2C)c(C)c1. The van der Waals surface area contributed by atoms with Crippen molar-refractivity contribution in [2.75, 3.05) is 13.1 Å². The molecule has 150 valence electrons. The number of carbonyl (C=O) groups excluding carboxylic acids is 1. The summed E-state index contributed by atoms with van der Waals surface area (Å²) in [5.41, 5.74) is 2.52. The maximum atomic E-state index is 13.4. The second-order valence-electron chi connectivity index (χ2n) is 8.00. The lowest BCUT2D eigenvalue weighted by Gasteiger charge is -2.33. The minimum Gasteiger partial charge on any atom is -0.350 e. The summed E-state index contributed by atoms with van der Waals surface area (Å²) in [7, 11) is -3.71. The van der Waals surface area contributed by atoms with Gasteiger partial charge in [0.2, 0.25) is 15.9 Å². The minimum absolute atomic E-state index is 0.0549. The van der Waals surface area contributed by atoms with E-state index in [9.17, 15) is 13.2 Å². The van der Waals surface area contributed by atoms with Crippen LogP contribution >= 0.6 is 0 Å². The van der Waals surface area contributed by atoms with Gasteiger partial charge in [-0.25, -0.2) is 8.42 Å². The Hall–Kier alpha value is -1.44. The van der Waals surface area contributed by atoms with Gasteiger partial charge in [-0.3, -0.25) is 4.79 Å². The van der Waals surface area contributed by atoms with Crippen LogP contribution in [0.3, 0.4) is 0 Å². The Morgan fingerprint density at radius 2 is 1.81 bits per heavy atom. The van der Waals surface area contributed by atoms with Gasteiger partial charge in [-0.1, -0.05) is 17.7 Å². The molecule has 2 aliphatic heterocycles. The summed E-state index contributed by atoms with van der Waals surface area (Å²) in [5, 5.41) is 6.46. The third-order valence-corrected chi connectivity index (χ3v) is 7.98. The van der Waals surface area contributed by atoms with Gasteiger partial charge in [-0.05, 0) is 71.0 Å². The first-order valence-corrected chi connectivity index (χ1v) is 11.3. The molecule has 0 spiro atoms. The lowest BCUT2D eigenvalue weighted by Crippen LogP contribution is -2.56. The number of hydrogen-bond donors (Lipinski definition) is 2. The van der Waals surface area contributed by atoms with E-state index in [1.165, 1.54) is 4.31 Å². The highest BCUT2D eigenvalue weighted by Crippen LogP contribution is 2.31. The zero-order chi connectivity index (χ0) is 19.8. The summed E-state index contributed by atoms with van der Waals surface area (Å²) < 4.78 is 28.2. The number of carbonyl (C=O) groups is 1. The molecular formula is C20H31N3O3S. The van der Waals surface area contributed by atoms with Crippen molar-refractivity contribution in [3.8, 4) is 0 Å². The Balaban J connectivity index is 1.84. The number of rotatable bonds is 4. The molecule has 27 heavy (non-hydrogen) atoms. The average Bonchev–Trinajstić information content (AvgIpc) is 3.06. The molecule has 2 fully saturated rings. The van der Waals surface area contributed by atoms with Crippen LogP contribution in [0.4, 0.5) is 0 Å². The standard InChI is InChI=1S/C20H31N3O3S/c1-13-11-14(2)19(15(3)12-13)27(25,26)23-10-6-8-18(23)20(24)22-17-7-5-9-21-16(17)4/h11-12,16-18,21H,5-10H2,1-4H3,(H,22,24). The topological polar surface area (TPSA) is 78.5 Å². The number of nitrogens with zero attached hydrogens (tertiary/aromatic N) is 1. The van der Waals surface area contributed by atoms with Crippen molar-refractivity contribution >= 4 is 15.9 Å². The molecule has 1 aromatic rings. The second-order valence-corrected chi connectivity index (χ2v) is 9.83. The molecule has 0 aliphatic carbocycles. The maximum absolute atomic E-state index is 13.4. The van der Waals surface area contributed by atoms with Crippen LogP contribution in [-0.2, 0) is 14.8 Å². The molecule has 2 N–H and O–H groups in total. The van der Waals surface area contributed by atoms with Crippen molar-refractivity contribution in [2.24, 2.45) is 0 Å². The molecular weight excluding hydrogens is 362 g/mol. The maximum Gasteiger partial charge on any atom is 0.244 e. The Morgan fingerprint density at radius 1 is 1.15 bits per heavy atom. The molecule has 0 aromatic heterocycles. The molecule has 2 aliphatic rings. The molecule has 7 heteroatoms. The number of aryl methyl sites for hydroxylation is 3. The predicted molar refractivity (Wildman–Crippen MR) is 106 cm³/mol. The monoisotopic (exact) mass is 393 g/mol. The number of piperidine rings is 1. The van der Waals surface area contributed by atoms with Crippen LogP contribution in [-0.4, -0.2) is 49.8 Å². The van der Waals surface area contributed by atoms with Crippen molar-refractivity contribution in [3.05, 3.63) is 28.8 Å². The van der Waals surface area contributed by atoms with E-state index in [-0.39, 0.29) is 18.0 Å². The number of hydrogen-bond acceptors (Lipinski definition) is 4. The Morgan fingerprint density at radius 3 is 2.44 bits per heavy atom. The van der Waals surface area contributed by atoms with Crippen molar-refractivity contribution < 1.29 is 13.2 Å². The summed E-state index contributed by atoms with van der Waals surface area (Å²) in [6.45, 7) is 9.03. The summed E-state index contributed by atoms with van der Waals surface area (Å²) in [6, 6.07) is 3.42. The largest absolute Gasteiger partial charge is 0.350 e. The van der Waals surface area contributed by atoms with E-state index in [1.807, 2.05) is 32.9 Å². The molecule has 0 radical (unpaired) electrons. The first-order valence-electron chi connectivity index (χ1n) is 9.85. The van der Waals surface area contributed by atoms with Crippen molar-refractivity contribution in [1.29, 1.82) is 0 Å². The van der Waals surface area contributed by atoms with Gasteiger partial charge in [0, 0.05) is 18.6 Å². The van der Waals surface area contributed by atoms with Crippen LogP contribution < -0.4 is 10.6 Å². The normalized spacial score (nSPS) is 26.9. The minimum atomic E-state index is -3.71. The lowest BCUT2D eigenvalue weighted by molar-refractivity contribution is -0.125. The van der Waals surface area contributed by atoms with Crippen LogP contribution in [0.15, 0.2) is 17.0 Å². The number of amides is 1. The van der Waals surface area contributed by atoms with Gasteiger partial charge >= 0.3 is 0 Å². The zero-order valence-corrected chi connectivity index (χ0v) is 17.5. The van der Waals surface area contributed by atoms with Crippen LogP contribution in [0.1, 0.15) is 49.3 Å². The molecule has 2 saturated heterocycles. The smallest absolute Gasteiger partial charge is 0.244 e. The van der Waals surface area contributed by atoms with Gasteiger partial charge in [0.1, 0.15) is 6.04 Å². The van der Waals surface area contributed by atoms with E-state index in [2.05, 4.69) is 17.6 Å². The van der Waals surface area contributed by atoms with Crippen molar-refractivity contribution in [3.63, 3.8) is 0 Å². The third kappa shape index (κ3) is 4.05. The second kappa shape index (κ2) is 7.89.